The fourth-order valence-electron chi connectivity index (χ4n) is 2.11. The Labute approximate surface area is 107 Å². The highest BCUT2D eigenvalue weighted by Gasteiger charge is 2.24. The zero-order valence-electron chi connectivity index (χ0n) is 9.92. The average molecular weight is 258 g/mol. The Bertz CT molecular complexity index is 809. The molecule has 5 nitrogen and oxygen atoms in total. The molecule has 0 radical (unpaired) electrons. The molecule has 3 aromatic rings. The Kier molecular flexibility index (Phi) is 2.16. The number of ether oxygens (including phenoxy) is 2. The fraction of sp³-hybridized carbons (Fsp3) is 0.214. The lowest BCUT2D eigenvalue weighted by molar-refractivity contribution is 0.267. The summed E-state index contributed by atoms with van der Waals surface area (Å²) in [5, 5.41) is 1.62. The summed E-state index contributed by atoms with van der Waals surface area (Å²) < 4.78 is 21.5. The summed E-state index contributed by atoms with van der Waals surface area (Å²) in [5.74, 6) is 0.667. The zero-order chi connectivity index (χ0) is 12.8. The Balaban J connectivity index is 1.96. The Hall–Kier alpha value is -2.27. The third kappa shape index (κ3) is 1.79. The van der Waals surface area contributed by atoms with Crippen LogP contribution in [0.4, 0.5) is 0 Å². The van der Waals surface area contributed by atoms with Crippen LogP contribution in [-0.4, -0.2) is 19.3 Å². The summed E-state index contributed by atoms with van der Waals surface area (Å²) in [7, 11) is 0. The molecule has 2 aromatic heterocycles. The molecule has 0 amide bonds. The molecule has 1 unspecified atom stereocenters. The second-order valence-corrected chi connectivity index (χ2v) is 4.47. The highest BCUT2D eigenvalue weighted by atomic mass is 16.6. The topological polar surface area (TPSA) is 65.1 Å². The maximum absolute atomic E-state index is 11.3. The monoisotopic (exact) mass is 258 g/mol. The number of fused-ring (bicyclic) bond motifs is 2. The fourth-order valence-corrected chi connectivity index (χ4v) is 2.11. The quantitative estimate of drug-likeness (QED) is 0.532. The van der Waals surface area contributed by atoms with Gasteiger partial charge in [0, 0.05) is 12.1 Å². The molecule has 0 aliphatic carbocycles. The molecule has 96 valence electrons. The first-order valence-corrected chi connectivity index (χ1v) is 6.00. The van der Waals surface area contributed by atoms with E-state index >= 15 is 0 Å². The smallest absolute Gasteiger partial charge is 0.336 e. The normalized spacial score (nSPS) is 18.0. The molecule has 0 bridgehead atoms. The number of epoxide rings is 1. The van der Waals surface area contributed by atoms with Gasteiger partial charge in [-0.05, 0) is 12.1 Å². The van der Waals surface area contributed by atoms with Gasteiger partial charge in [-0.1, -0.05) is 0 Å². The van der Waals surface area contributed by atoms with E-state index in [4.69, 9.17) is 18.3 Å². The van der Waals surface area contributed by atoms with Gasteiger partial charge in [0.05, 0.1) is 23.6 Å². The lowest BCUT2D eigenvalue weighted by Crippen LogP contribution is -2.05. The molecule has 0 N–H and O–H groups in total. The van der Waals surface area contributed by atoms with Crippen LogP contribution >= 0.6 is 0 Å². The molecule has 0 saturated carbocycles. The van der Waals surface area contributed by atoms with E-state index < -0.39 is 5.63 Å². The van der Waals surface area contributed by atoms with Crippen LogP contribution in [0.3, 0.4) is 0 Å². The van der Waals surface area contributed by atoms with E-state index in [-0.39, 0.29) is 6.10 Å². The van der Waals surface area contributed by atoms with Crippen LogP contribution in [0.25, 0.3) is 21.9 Å². The molecule has 1 atom stereocenters. The van der Waals surface area contributed by atoms with Gasteiger partial charge in [-0.25, -0.2) is 4.79 Å². The Morgan fingerprint density at radius 1 is 1.21 bits per heavy atom. The zero-order valence-corrected chi connectivity index (χ0v) is 9.92. The summed E-state index contributed by atoms with van der Waals surface area (Å²) in [6.45, 7) is 1.22. The van der Waals surface area contributed by atoms with Crippen LogP contribution in [-0.2, 0) is 4.74 Å². The van der Waals surface area contributed by atoms with Crippen molar-refractivity contribution in [3.05, 3.63) is 40.9 Å². The SMILES string of the molecule is O=c1ccc2c(OCC3CO3)c3ccoc3cc2o1. The first-order valence-electron chi connectivity index (χ1n) is 6.00. The van der Waals surface area contributed by atoms with Crippen molar-refractivity contribution in [1.29, 1.82) is 0 Å². The predicted molar refractivity (Wildman–Crippen MR) is 67.5 cm³/mol. The molecular formula is C14H10O5. The summed E-state index contributed by atoms with van der Waals surface area (Å²) in [6.07, 6.45) is 1.75. The first-order chi connectivity index (χ1) is 9.31. The molecule has 19 heavy (non-hydrogen) atoms. The highest BCUT2D eigenvalue weighted by molar-refractivity contribution is 6.01. The minimum atomic E-state index is -0.394. The second-order valence-electron chi connectivity index (χ2n) is 4.47. The van der Waals surface area contributed by atoms with Crippen LogP contribution in [0.15, 0.2) is 44.2 Å². The molecule has 5 heteroatoms. The van der Waals surface area contributed by atoms with E-state index in [9.17, 15) is 4.79 Å². The van der Waals surface area contributed by atoms with Crippen molar-refractivity contribution >= 4 is 21.9 Å². The predicted octanol–water partition coefficient (Wildman–Crippen LogP) is 2.32. The van der Waals surface area contributed by atoms with Gasteiger partial charge >= 0.3 is 5.63 Å². The van der Waals surface area contributed by atoms with Gasteiger partial charge in [0.25, 0.3) is 0 Å². The van der Waals surface area contributed by atoms with Crippen LogP contribution < -0.4 is 10.4 Å². The van der Waals surface area contributed by atoms with E-state index in [1.54, 1.807) is 18.4 Å². The minimum Gasteiger partial charge on any atom is -0.489 e. The Morgan fingerprint density at radius 3 is 2.89 bits per heavy atom. The van der Waals surface area contributed by atoms with Crippen LogP contribution in [0.2, 0.25) is 0 Å². The molecule has 1 fully saturated rings. The largest absolute Gasteiger partial charge is 0.489 e. The van der Waals surface area contributed by atoms with Gasteiger partial charge in [0.15, 0.2) is 0 Å². The maximum Gasteiger partial charge on any atom is 0.336 e. The third-order valence-electron chi connectivity index (χ3n) is 3.12. The molecule has 1 aromatic carbocycles. The average Bonchev–Trinajstić information content (AvgIpc) is 3.11. The van der Waals surface area contributed by atoms with Crippen molar-refractivity contribution in [2.24, 2.45) is 0 Å². The van der Waals surface area contributed by atoms with E-state index in [1.165, 1.54) is 6.07 Å². The van der Waals surface area contributed by atoms with E-state index in [2.05, 4.69) is 0 Å². The van der Waals surface area contributed by atoms with Gasteiger partial charge in [0.1, 0.15) is 29.6 Å². The van der Waals surface area contributed by atoms with Gasteiger partial charge < -0.3 is 18.3 Å². The minimum absolute atomic E-state index is 0.160. The molecular weight excluding hydrogens is 248 g/mol. The highest BCUT2D eigenvalue weighted by Crippen LogP contribution is 2.35. The third-order valence-corrected chi connectivity index (χ3v) is 3.12. The van der Waals surface area contributed by atoms with Gasteiger partial charge in [-0.2, -0.15) is 0 Å². The van der Waals surface area contributed by atoms with Crippen molar-refractivity contribution in [1.82, 2.24) is 0 Å². The van der Waals surface area contributed by atoms with Crippen LogP contribution in [0, 0.1) is 0 Å². The van der Waals surface area contributed by atoms with Gasteiger partial charge in [-0.15, -0.1) is 0 Å². The molecule has 0 spiro atoms. The summed E-state index contributed by atoms with van der Waals surface area (Å²) in [5.41, 5.74) is 0.699. The van der Waals surface area contributed by atoms with Crippen molar-refractivity contribution in [2.45, 2.75) is 6.10 Å². The van der Waals surface area contributed by atoms with Crippen LogP contribution in [0.5, 0.6) is 5.75 Å². The first kappa shape index (κ1) is 10.6. The lowest BCUT2D eigenvalue weighted by atomic mass is 10.1. The summed E-state index contributed by atoms with van der Waals surface area (Å²) in [4.78, 5) is 11.3. The summed E-state index contributed by atoms with van der Waals surface area (Å²) in [6, 6.07) is 6.63. The molecule has 3 heterocycles. The standard InChI is InChI=1S/C14H10O5/c15-13-2-1-9-12(19-13)5-11-10(3-4-16-11)14(9)18-7-8-6-17-8/h1-5,8H,6-7H2. The van der Waals surface area contributed by atoms with Crippen molar-refractivity contribution in [3.8, 4) is 5.75 Å². The summed E-state index contributed by atoms with van der Waals surface area (Å²) >= 11 is 0. The van der Waals surface area contributed by atoms with E-state index in [1.807, 2.05) is 6.07 Å². The number of hydrogen-bond donors (Lipinski definition) is 0. The lowest BCUT2D eigenvalue weighted by Gasteiger charge is -2.08. The Morgan fingerprint density at radius 2 is 2.05 bits per heavy atom. The molecule has 1 aliphatic rings. The molecule has 4 rings (SSSR count). The molecule has 1 saturated heterocycles. The number of furan rings is 1. The number of rotatable bonds is 3. The number of benzene rings is 1. The van der Waals surface area contributed by atoms with Gasteiger partial charge in [0.2, 0.25) is 0 Å². The van der Waals surface area contributed by atoms with Crippen molar-refractivity contribution in [3.63, 3.8) is 0 Å². The van der Waals surface area contributed by atoms with Crippen molar-refractivity contribution in [2.75, 3.05) is 13.2 Å². The van der Waals surface area contributed by atoms with Crippen LogP contribution in [0.1, 0.15) is 0 Å². The second kappa shape index (κ2) is 3.86. The van der Waals surface area contributed by atoms with E-state index in [0.29, 0.717) is 23.5 Å². The number of hydrogen-bond acceptors (Lipinski definition) is 5. The van der Waals surface area contributed by atoms with Gasteiger partial charge in [-0.3, -0.25) is 0 Å². The van der Waals surface area contributed by atoms with Crippen molar-refractivity contribution < 1.29 is 18.3 Å². The van der Waals surface area contributed by atoms with E-state index in [0.717, 1.165) is 17.4 Å². The maximum atomic E-state index is 11.3. The molecule has 1 aliphatic heterocycles.